The molecule has 0 aliphatic heterocycles. The van der Waals surface area contributed by atoms with Crippen molar-refractivity contribution in [2.45, 2.75) is 24.4 Å². The lowest BCUT2D eigenvalue weighted by molar-refractivity contribution is -0.133. The Morgan fingerprint density at radius 3 is 2.47 bits per heavy atom. The minimum atomic E-state index is -4.39. The van der Waals surface area contributed by atoms with Crippen LogP contribution in [0.1, 0.15) is 22.7 Å². The Morgan fingerprint density at radius 1 is 1.47 bits per heavy atom. The summed E-state index contributed by atoms with van der Waals surface area (Å²) in [6.07, 6.45) is -5.59. The number of aryl methyl sites for hydroxylation is 1. The predicted molar refractivity (Wildman–Crippen MR) is 59.5 cm³/mol. The highest BCUT2D eigenvalue weighted by Gasteiger charge is 2.27. The predicted octanol–water partition coefficient (Wildman–Crippen LogP) is 2.20. The normalized spacial score (nSPS) is 12.5. The Hall–Kier alpha value is -1.22. The zero-order valence-electron chi connectivity index (χ0n) is 9.54. The van der Waals surface area contributed by atoms with Gasteiger partial charge in [-0.1, -0.05) is 0 Å². The van der Waals surface area contributed by atoms with Crippen LogP contribution in [0.25, 0.3) is 0 Å². The van der Waals surface area contributed by atoms with Crippen LogP contribution in [0.3, 0.4) is 0 Å². The molecule has 1 aromatic heterocycles. The first kappa shape index (κ1) is 15.8. The van der Waals surface area contributed by atoms with E-state index in [0.717, 1.165) is 6.07 Å². The number of rotatable bonds is 4. The van der Waals surface area contributed by atoms with E-state index >= 15 is 0 Å². The van der Waals surface area contributed by atoms with Gasteiger partial charge in [0.25, 0.3) is 15.0 Å². The molecule has 1 rings (SSSR count). The van der Waals surface area contributed by atoms with E-state index in [2.05, 4.69) is 0 Å². The van der Waals surface area contributed by atoms with Crippen molar-refractivity contribution in [2.75, 3.05) is 6.54 Å². The highest BCUT2D eigenvalue weighted by Crippen LogP contribution is 2.23. The molecular formula is C9H9ClF3NO4S. The molecule has 5 nitrogen and oxygen atoms in total. The monoisotopic (exact) mass is 319 g/mol. The van der Waals surface area contributed by atoms with Crippen LogP contribution in [0.15, 0.2) is 15.4 Å². The number of furan rings is 1. The summed E-state index contributed by atoms with van der Waals surface area (Å²) in [7, 11) is 1.01. The van der Waals surface area contributed by atoms with Gasteiger partial charge in [-0.3, -0.25) is 4.79 Å². The van der Waals surface area contributed by atoms with Crippen LogP contribution in [-0.4, -0.2) is 27.0 Å². The molecule has 108 valence electrons. The first-order chi connectivity index (χ1) is 8.50. The summed E-state index contributed by atoms with van der Waals surface area (Å²) < 4.78 is 62.5. The maximum absolute atomic E-state index is 11.9. The second-order valence-corrected chi connectivity index (χ2v) is 6.12. The lowest BCUT2D eigenvalue weighted by atomic mass is 10.3. The smallest absolute Gasteiger partial charge is 0.390 e. The summed E-state index contributed by atoms with van der Waals surface area (Å²) in [5.74, 6) is -1.48. The Morgan fingerprint density at radius 2 is 2.05 bits per heavy atom. The van der Waals surface area contributed by atoms with Crippen molar-refractivity contribution in [1.29, 1.82) is 0 Å². The number of carbonyl (C=O) groups excluding carboxylic acids is 1. The van der Waals surface area contributed by atoms with Gasteiger partial charge < -0.3 is 9.73 Å². The standard InChI is InChI=1S/C9H9ClF3NO4S/c1-5-7(19(10,16)17)4-6(18-5)8(15)14-3-2-9(11,12)13/h4H,2-3H2,1H3,(H,14,15). The van der Waals surface area contributed by atoms with E-state index in [1.165, 1.54) is 6.92 Å². The molecule has 0 saturated heterocycles. The van der Waals surface area contributed by atoms with Crippen LogP contribution in [0.4, 0.5) is 13.2 Å². The molecule has 0 fully saturated rings. The third-order valence-corrected chi connectivity index (χ3v) is 3.48. The summed E-state index contributed by atoms with van der Waals surface area (Å²) in [4.78, 5) is 11.0. The van der Waals surface area contributed by atoms with E-state index < -0.39 is 44.8 Å². The molecular weight excluding hydrogens is 311 g/mol. The van der Waals surface area contributed by atoms with Crippen molar-refractivity contribution in [2.24, 2.45) is 0 Å². The highest BCUT2D eigenvalue weighted by atomic mass is 35.7. The fraction of sp³-hybridized carbons (Fsp3) is 0.444. The molecule has 0 unspecified atom stereocenters. The number of nitrogens with one attached hydrogen (secondary N) is 1. The number of alkyl halides is 3. The van der Waals surface area contributed by atoms with E-state index in [1.807, 2.05) is 5.32 Å². The molecule has 0 aromatic carbocycles. The Kier molecular flexibility index (Phi) is 4.51. The Labute approximate surface area is 111 Å². The van der Waals surface area contributed by atoms with Gasteiger partial charge in [0.05, 0.1) is 6.42 Å². The van der Waals surface area contributed by atoms with Gasteiger partial charge in [-0.15, -0.1) is 0 Å². The first-order valence-electron chi connectivity index (χ1n) is 4.91. The maximum atomic E-state index is 11.9. The van der Waals surface area contributed by atoms with E-state index in [0.29, 0.717) is 0 Å². The van der Waals surface area contributed by atoms with Crippen molar-refractivity contribution in [3.05, 3.63) is 17.6 Å². The van der Waals surface area contributed by atoms with Crippen LogP contribution in [0.2, 0.25) is 0 Å². The SMILES string of the molecule is Cc1oc(C(=O)NCCC(F)(F)F)cc1S(=O)(=O)Cl. The number of halogens is 4. The molecule has 0 bridgehead atoms. The van der Waals surface area contributed by atoms with Crippen molar-refractivity contribution in [3.63, 3.8) is 0 Å². The fourth-order valence-corrected chi connectivity index (χ4v) is 2.32. The minimum absolute atomic E-state index is 0.115. The van der Waals surface area contributed by atoms with Crippen LogP contribution in [0, 0.1) is 6.92 Å². The lowest BCUT2D eigenvalue weighted by Gasteiger charge is -2.06. The molecule has 0 saturated carbocycles. The van der Waals surface area contributed by atoms with E-state index in [4.69, 9.17) is 15.1 Å². The molecule has 19 heavy (non-hydrogen) atoms. The van der Waals surface area contributed by atoms with Gasteiger partial charge in [0.1, 0.15) is 10.7 Å². The van der Waals surface area contributed by atoms with Gasteiger partial charge in [0.15, 0.2) is 5.76 Å². The molecule has 0 spiro atoms. The molecule has 0 atom stereocenters. The molecule has 1 aromatic rings. The minimum Gasteiger partial charge on any atom is -0.455 e. The average molecular weight is 320 g/mol. The van der Waals surface area contributed by atoms with Crippen LogP contribution in [-0.2, 0) is 9.05 Å². The second kappa shape index (κ2) is 5.41. The van der Waals surface area contributed by atoms with Gasteiger partial charge in [-0.05, 0) is 6.92 Å². The molecule has 0 aliphatic rings. The fourth-order valence-electron chi connectivity index (χ4n) is 1.22. The molecule has 10 heteroatoms. The topological polar surface area (TPSA) is 76.4 Å². The summed E-state index contributed by atoms with van der Waals surface area (Å²) in [6, 6.07) is 0.862. The molecule has 1 amide bonds. The lowest BCUT2D eigenvalue weighted by Crippen LogP contribution is -2.27. The Balaban J connectivity index is 2.74. The highest BCUT2D eigenvalue weighted by molar-refractivity contribution is 8.13. The Bertz CT molecular complexity index is 579. The van der Waals surface area contributed by atoms with E-state index in [-0.39, 0.29) is 5.76 Å². The van der Waals surface area contributed by atoms with Gasteiger partial charge in [0, 0.05) is 23.3 Å². The zero-order chi connectivity index (χ0) is 14.8. The number of hydrogen-bond acceptors (Lipinski definition) is 4. The van der Waals surface area contributed by atoms with Crippen molar-refractivity contribution < 1.29 is 30.8 Å². The number of hydrogen-bond donors (Lipinski definition) is 1. The zero-order valence-corrected chi connectivity index (χ0v) is 11.1. The van der Waals surface area contributed by atoms with Gasteiger partial charge >= 0.3 is 6.18 Å². The summed E-state index contributed by atoms with van der Waals surface area (Å²) >= 11 is 0. The van der Waals surface area contributed by atoms with Gasteiger partial charge in [-0.2, -0.15) is 13.2 Å². The quantitative estimate of drug-likeness (QED) is 0.863. The first-order valence-corrected chi connectivity index (χ1v) is 7.21. The van der Waals surface area contributed by atoms with Crippen molar-refractivity contribution in [1.82, 2.24) is 5.32 Å². The van der Waals surface area contributed by atoms with Crippen LogP contribution < -0.4 is 5.32 Å². The van der Waals surface area contributed by atoms with Gasteiger partial charge in [0.2, 0.25) is 0 Å². The molecule has 1 heterocycles. The number of carbonyl (C=O) groups is 1. The maximum Gasteiger partial charge on any atom is 0.390 e. The van der Waals surface area contributed by atoms with Crippen molar-refractivity contribution in [3.8, 4) is 0 Å². The molecule has 1 N–H and O–H groups in total. The summed E-state index contributed by atoms with van der Waals surface area (Å²) in [5, 5.41) is 1.96. The largest absolute Gasteiger partial charge is 0.455 e. The van der Waals surface area contributed by atoms with Gasteiger partial charge in [-0.25, -0.2) is 8.42 Å². The average Bonchev–Trinajstić information content (AvgIpc) is 2.57. The number of amides is 1. The van der Waals surface area contributed by atoms with E-state index in [1.54, 1.807) is 0 Å². The van der Waals surface area contributed by atoms with E-state index in [9.17, 15) is 26.4 Å². The molecule has 0 aliphatic carbocycles. The van der Waals surface area contributed by atoms with Crippen LogP contribution >= 0.6 is 10.7 Å². The summed E-state index contributed by atoms with van der Waals surface area (Å²) in [6.45, 7) is 0.632. The van der Waals surface area contributed by atoms with Crippen molar-refractivity contribution >= 4 is 25.6 Å². The third kappa shape index (κ3) is 4.75. The summed E-state index contributed by atoms with van der Waals surface area (Å²) in [5.41, 5.74) is 0. The third-order valence-electron chi connectivity index (χ3n) is 2.05. The van der Waals surface area contributed by atoms with Crippen LogP contribution in [0.5, 0.6) is 0 Å². The second-order valence-electron chi connectivity index (χ2n) is 3.59. The molecule has 0 radical (unpaired) electrons.